The van der Waals surface area contributed by atoms with Crippen molar-refractivity contribution in [3.8, 4) is 0 Å². The number of anilines is 1. The number of hydrogen-bond acceptors (Lipinski definition) is 3. The Morgan fingerprint density at radius 1 is 1.24 bits per heavy atom. The van der Waals surface area contributed by atoms with Gasteiger partial charge in [0.1, 0.15) is 0 Å². The number of hydrogen-bond donors (Lipinski definition) is 3. The van der Waals surface area contributed by atoms with E-state index in [4.69, 9.17) is 5.73 Å². The summed E-state index contributed by atoms with van der Waals surface area (Å²) in [6, 6.07) is 4.61. The SMILES string of the molecule is Cc1cc(C(=O)NCC(C)C)ccc1NC(=O)[C@H](C)N.Cl. The number of carbonyl (C=O) groups is 2. The minimum absolute atomic E-state index is 0. The van der Waals surface area contributed by atoms with E-state index in [1.807, 2.05) is 20.8 Å². The van der Waals surface area contributed by atoms with Gasteiger partial charge in [0.05, 0.1) is 6.04 Å². The molecule has 0 spiro atoms. The van der Waals surface area contributed by atoms with Crippen molar-refractivity contribution in [1.82, 2.24) is 5.32 Å². The highest BCUT2D eigenvalue weighted by Crippen LogP contribution is 2.16. The molecule has 0 unspecified atom stereocenters. The van der Waals surface area contributed by atoms with Gasteiger partial charge >= 0.3 is 0 Å². The second-order valence-corrected chi connectivity index (χ2v) is 5.41. The Morgan fingerprint density at radius 3 is 2.33 bits per heavy atom. The van der Waals surface area contributed by atoms with Crippen LogP contribution in [0.3, 0.4) is 0 Å². The van der Waals surface area contributed by atoms with E-state index in [0.29, 0.717) is 23.7 Å². The summed E-state index contributed by atoms with van der Waals surface area (Å²) in [5, 5.41) is 5.59. The lowest BCUT2D eigenvalue weighted by Gasteiger charge is -2.12. The highest BCUT2D eigenvalue weighted by atomic mass is 35.5. The monoisotopic (exact) mass is 313 g/mol. The van der Waals surface area contributed by atoms with Crippen LogP contribution in [0.5, 0.6) is 0 Å². The van der Waals surface area contributed by atoms with Gasteiger partial charge in [-0.1, -0.05) is 13.8 Å². The number of nitrogens with one attached hydrogen (secondary N) is 2. The molecule has 0 radical (unpaired) electrons. The van der Waals surface area contributed by atoms with E-state index in [1.165, 1.54) is 0 Å². The van der Waals surface area contributed by atoms with Crippen LogP contribution in [0.1, 0.15) is 36.7 Å². The molecule has 0 aliphatic heterocycles. The second kappa shape index (κ2) is 8.64. The molecule has 5 nitrogen and oxygen atoms in total. The molecule has 0 saturated carbocycles. The molecule has 0 bridgehead atoms. The van der Waals surface area contributed by atoms with Gasteiger partial charge in [-0.05, 0) is 43.5 Å². The molecule has 6 heteroatoms. The second-order valence-electron chi connectivity index (χ2n) is 5.41. The lowest BCUT2D eigenvalue weighted by molar-refractivity contribution is -0.117. The number of benzene rings is 1. The lowest BCUT2D eigenvalue weighted by Crippen LogP contribution is -2.32. The van der Waals surface area contributed by atoms with Crippen LogP contribution in [0.4, 0.5) is 5.69 Å². The van der Waals surface area contributed by atoms with Crippen molar-refractivity contribution in [1.29, 1.82) is 0 Å². The summed E-state index contributed by atoms with van der Waals surface area (Å²) in [7, 11) is 0. The van der Waals surface area contributed by atoms with Crippen LogP contribution in [0.2, 0.25) is 0 Å². The van der Waals surface area contributed by atoms with Crippen molar-refractivity contribution < 1.29 is 9.59 Å². The topological polar surface area (TPSA) is 84.2 Å². The standard InChI is InChI=1S/C15H23N3O2.ClH/c1-9(2)8-17-15(20)12-5-6-13(10(3)7-12)18-14(19)11(4)16;/h5-7,9,11H,8,16H2,1-4H3,(H,17,20)(H,18,19);1H/t11-;/m0./s1. The first kappa shape index (κ1) is 19.4. The van der Waals surface area contributed by atoms with Crippen molar-refractivity contribution in [2.24, 2.45) is 11.7 Å². The first-order chi connectivity index (χ1) is 9.31. The maximum absolute atomic E-state index is 11.9. The third kappa shape index (κ3) is 6.14. The quantitative estimate of drug-likeness (QED) is 0.778. The van der Waals surface area contributed by atoms with Crippen molar-refractivity contribution in [3.05, 3.63) is 29.3 Å². The first-order valence-electron chi connectivity index (χ1n) is 6.76. The first-order valence-corrected chi connectivity index (χ1v) is 6.76. The average Bonchev–Trinajstić information content (AvgIpc) is 2.37. The molecule has 1 rings (SSSR count). The Hall–Kier alpha value is -1.59. The highest BCUT2D eigenvalue weighted by molar-refractivity contribution is 5.97. The summed E-state index contributed by atoms with van der Waals surface area (Å²) in [6.07, 6.45) is 0. The predicted molar refractivity (Wildman–Crippen MR) is 87.9 cm³/mol. The number of carbonyl (C=O) groups excluding carboxylic acids is 2. The molecule has 1 aromatic carbocycles. The zero-order valence-electron chi connectivity index (χ0n) is 12.9. The molecule has 0 aliphatic rings. The summed E-state index contributed by atoms with van der Waals surface area (Å²) in [5.41, 5.74) is 7.59. The molecular weight excluding hydrogens is 290 g/mol. The minimum Gasteiger partial charge on any atom is -0.352 e. The van der Waals surface area contributed by atoms with Gasteiger partial charge in [0.15, 0.2) is 0 Å². The van der Waals surface area contributed by atoms with E-state index < -0.39 is 6.04 Å². The molecule has 1 aromatic rings. The van der Waals surface area contributed by atoms with Gasteiger partial charge in [0, 0.05) is 17.8 Å². The van der Waals surface area contributed by atoms with Crippen molar-refractivity contribution in [2.45, 2.75) is 33.7 Å². The maximum Gasteiger partial charge on any atom is 0.251 e. The van der Waals surface area contributed by atoms with Gasteiger partial charge in [0.2, 0.25) is 5.91 Å². The number of aryl methyl sites for hydroxylation is 1. The molecule has 118 valence electrons. The third-order valence-electron chi connectivity index (χ3n) is 2.83. The highest BCUT2D eigenvalue weighted by Gasteiger charge is 2.11. The lowest BCUT2D eigenvalue weighted by atomic mass is 10.1. The van der Waals surface area contributed by atoms with E-state index >= 15 is 0 Å². The zero-order valence-corrected chi connectivity index (χ0v) is 13.7. The number of halogens is 1. The fourth-order valence-electron chi connectivity index (χ4n) is 1.59. The predicted octanol–water partition coefficient (Wildman–Crippen LogP) is 2.09. The fraction of sp³-hybridized carbons (Fsp3) is 0.467. The summed E-state index contributed by atoms with van der Waals surface area (Å²) in [6.45, 7) is 8.19. The van der Waals surface area contributed by atoms with Gasteiger partial charge in [-0.3, -0.25) is 9.59 Å². The fourth-order valence-corrected chi connectivity index (χ4v) is 1.59. The Labute approximate surface area is 132 Å². The molecule has 0 saturated heterocycles. The van der Waals surface area contributed by atoms with Gasteiger partial charge < -0.3 is 16.4 Å². The van der Waals surface area contributed by atoms with E-state index in [1.54, 1.807) is 25.1 Å². The number of nitrogens with two attached hydrogens (primary N) is 1. The van der Waals surface area contributed by atoms with Gasteiger partial charge in [-0.15, -0.1) is 12.4 Å². The van der Waals surface area contributed by atoms with Gasteiger partial charge in [-0.2, -0.15) is 0 Å². The summed E-state index contributed by atoms with van der Waals surface area (Å²) in [4.78, 5) is 23.5. The number of amides is 2. The minimum atomic E-state index is -0.566. The summed E-state index contributed by atoms with van der Waals surface area (Å²) < 4.78 is 0. The van der Waals surface area contributed by atoms with E-state index in [-0.39, 0.29) is 24.2 Å². The molecule has 0 aliphatic carbocycles. The van der Waals surface area contributed by atoms with Gasteiger partial charge in [0.25, 0.3) is 5.91 Å². The van der Waals surface area contributed by atoms with Crippen molar-refractivity contribution >= 4 is 29.9 Å². The van der Waals surface area contributed by atoms with Crippen LogP contribution < -0.4 is 16.4 Å². The van der Waals surface area contributed by atoms with Crippen LogP contribution in [-0.2, 0) is 4.79 Å². The van der Waals surface area contributed by atoms with E-state index in [2.05, 4.69) is 10.6 Å². The molecular formula is C15H24ClN3O2. The Bertz CT molecular complexity index is 502. The number of rotatable bonds is 5. The third-order valence-corrected chi connectivity index (χ3v) is 2.83. The normalized spacial score (nSPS) is 11.5. The zero-order chi connectivity index (χ0) is 15.3. The molecule has 1 atom stereocenters. The Balaban J connectivity index is 0.00000400. The molecule has 0 aromatic heterocycles. The summed E-state index contributed by atoms with van der Waals surface area (Å²) >= 11 is 0. The van der Waals surface area contributed by atoms with Crippen LogP contribution in [0.15, 0.2) is 18.2 Å². The molecule has 0 fully saturated rings. The Morgan fingerprint density at radius 2 is 1.86 bits per heavy atom. The maximum atomic E-state index is 11.9. The smallest absolute Gasteiger partial charge is 0.251 e. The van der Waals surface area contributed by atoms with Crippen LogP contribution in [0, 0.1) is 12.8 Å². The van der Waals surface area contributed by atoms with Crippen LogP contribution in [-0.4, -0.2) is 24.4 Å². The molecule has 0 heterocycles. The van der Waals surface area contributed by atoms with E-state index in [0.717, 1.165) is 5.56 Å². The van der Waals surface area contributed by atoms with Crippen LogP contribution in [0.25, 0.3) is 0 Å². The van der Waals surface area contributed by atoms with Crippen molar-refractivity contribution in [2.75, 3.05) is 11.9 Å². The molecule has 21 heavy (non-hydrogen) atoms. The van der Waals surface area contributed by atoms with Crippen molar-refractivity contribution in [3.63, 3.8) is 0 Å². The van der Waals surface area contributed by atoms with Crippen LogP contribution >= 0.6 is 12.4 Å². The van der Waals surface area contributed by atoms with Gasteiger partial charge in [-0.25, -0.2) is 0 Å². The van der Waals surface area contributed by atoms with E-state index in [9.17, 15) is 9.59 Å². The Kier molecular flexibility index (Phi) is 7.99. The largest absolute Gasteiger partial charge is 0.352 e. The molecule has 4 N–H and O–H groups in total. The molecule has 2 amide bonds. The summed E-state index contributed by atoms with van der Waals surface area (Å²) in [5.74, 6) is 0.0571. The average molecular weight is 314 g/mol.